The van der Waals surface area contributed by atoms with Gasteiger partial charge in [-0.1, -0.05) is 11.6 Å². The molecule has 20 heavy (non-hydrogen) atoms. The number of rotatable bonds is 4. The van der Waals surface area contributed by atoms with Gasteiger partial charge in [-0.2, -0.15) is 0 Å². The third-order valence-electron chi connectivity index (χ3n) is 2.56. The molecule has 0 fully saturated rings. The molecule has 0 unspecified atom stereocenters. The second kappa shape index (κ2) is 5.02. The number of halogens is 1. The van der Waals surface area contributed by atoms with E-state index in [9.17, 15) is 10.1 Å². The first-order valence-electron chi connectivity index (χ1n) is 5.39. The zero-order valence-electron chi connectivity index (χ0n) is 9.74. The van der Waals surface area contributed by atoms with E-state index in [1.165, 1.54) is 11.3 Å². The van der Waals surface area contributed by atoms with Gasteiger partial charge in [0, 0.05) is 11.1 Å². The molecule has 3 rings (SSSR count). The van der Waals surface area contributed by atoms with Gasteiger partial charge in [0.05, 0.1) is 11.5 Å². The van der Waals surface area contributed by atoms with Crippen LogP contribution in [0.4, 0.5) is 11.4 Å². The number of anilines is 1. The highest BCUT2D eigenvalue weighted by atomic mass is 35.5. The van der Waals surface area contributed by atoms with Crippen LogP contribution >= 0.6 is 22.9 Å². The molecule has 3 aromatic rings. The van der Waals surface area contributed by atoms with Crippen molar-refractivity contribution in [2.24, 2.45) is 0 Å². The van der Waals surface area contributed by atoms with E-state index in [0.717, 1.165) is 4.88 Å². The molecule has 0 aliphatic rings. The minimum Gasteiger partial charge on any atom is -0.374 e. The van der Waals surface area contributed by atoms with E-state index in [0.29, 0.717) is 22.2 Å². The van der Waals surface area contributed by atoms with E-state index in [-0.39, 0.29) is 11.2 Å². The van der Waals surface area contributed by atoms with Gasteiger partial charge < -0.3 is 5.32 Å². The van der Waals surface area contributed by atoms with Crippen LogP contribution in [0.3, 0.4) is 0 Å². The predicted octanol–water partition coefficient (Wildman–Crippen LogP) is 2.85. The molecule has 0 saturated carbocycles. The van der Waals surface area contributed by atoms with Gasteiger partial charge in [0.15, 0.2) is 4.47 Å². The Hall–Kier alpha value is -2.26. The summed E-state index contributed by atoms with van der Waals surface area (Å²) in [6.45, 7) is 0.377. The third kappa shape index (κ3) is 2.28. The summed E-state index contributed by atoms with van der Waals surface area (Å²) in [6, 6.07) is 3.16. The van der Waals surface area contributed by atoms with Gasteiger partial charge in [0.25, 0.3) is 0 Å². The average molecular weight is 312 g/mol. The lowest BCUT2D eigenvalue weighted by atomic mass is 10.2. The molecule has 10 heteroatoms. The molecular formula is C10H6ClN5O3S. The fourth-order valence-corrected chi connectivity index (χ4v) is 2.63. The summed E-state index contributed by atoms with van der Waals surface area (Å²) < 4.78 is 4.94. The number of aromatic nitrogens is 3. The first-order valence-corrected chi connectivity index (χ1v) is 6.58. The molecule has 0 bridgehead atoms. The van der Waals surface area contributed by atoms with Crippen molar-refractivity contribution in [2.45, 2.75) is 6.54 Å². The van der Waals surface area contributed by atoms with E-state index in [1.54, 1.807) is 18.3 Å². The highest BCUT2D eigenvalue weighted by molar-refractivity contribution is 7.15. The Morgan fingerprint density at radius 1 is 1.45 bits per heavy atom. The van der Waals surface area contributed by atoms with E-state index >= 15 is 0 Å². The molecule has 0 spiro atoms. The third-order valence-corrected chi connectivity index (χ3v) is 3.68. The maximum Gasteiger partial charge on any atom is 0.323 e. The average Bonchev–Trinajstić information content (AvgIpc) is 3.03. The Labute approximate surface area is 120 Å². The van der Waals surface area contributed by atoms with Gasteiger partial charge in [0.2, 0.25) is 5.52 Å². The lowest BCUT2D eigenvalue weighted by Crippen LogP contribution is -2.02. The van der Waals surface area contributed by atoms with Gasteiger partial charge in [-0.15, -0.1) is 11.3 Å². The summed E-state index contributed by atoms with van der Waals surface area (Å²) in [6.07, 6.45) is 1.61. The maximum atomic E-state index is 11.2. The number of fused-ring (bicyclic) bond motifs is 1. The zero-order chi connectivity index (χ0) is 14.1. The van der Waals surface area contributed by atoms with Crippen LogP contribution in [0.5, 0.6) is 0 Å². The molecule has 0 aliphatic heterocycles. The van der Waals surface area contributed by atoms with E-state index in [1.807, 2.05) is 0 Å². The largest absolute Gasteiger partial charge is 0.374 e. The van der Waals surface area contributed by atoms with Crippen molar-refractivity contribution in [2.75, 3.05) is 5.32 Å². The van der Waals surface area contributed by atoms with Crippen molar-refractivity contribution in [3.8, 4) is 0 Å². The molecule has 2 heterocycles. The molecule has 1 aromatic carbocycles. The zero-order valence-corrected chi connectivity index (χ0v) is 11.3. The van der Waals surface area contributed by atoms with Crippen LogP contribution in [0.1, 0.15) is 4.88 Å². The fourth-order valence-electron chi connectivity index (χ4n) is 1.71. The highest BCUT2D eigenvalue weighted by Crippen LogP contribution is 2.32. The smallest absolute Gasteiger partial charge is 0.323 e. The van der Waals surface area contributed by atoms with Crippen LogP contribution in [-0.2, 0) is 6.54 Å². The number of nitrogens with one attached hydrogen (secondary N) is 1. The maximum absolute atomic E-state index is 11.2. The normalized spacial score (nSPS) is 10.8. The van der Waals surface area contributed by atoms with Crippen molar-refractivity contribution >= 4 is 45.3 Å². The minimum atomic E-state index is -0.519. The Kier molecular flexibility index (Phi) is 3.20. The van der Waals surface area contributed by atoms with Crippen LogP contribution in [0.15, 0.2) is 23.0 Å². The van der Waals surface area contributed by atoms with Crippen LogP contribution in [0.25, 0.3) is 11.0 Å². The molecular weight excluding hydrogens is 306 g/mol. The van der Waals surface area contributed by atoms with Gasteiger partial charge in [-0.25, -0.2) is 9.61 Å². The first-order chi connectivity index (χ1) is 9.65. The van der Waals surface area contributed by atoms with Crippen LogP contribution in [0, 0.1) is 10.1 Å². The lowest BCUT2D eigenvalue weighted by molar-refractivity contribution is -0.382. The van der Waals surface area contributed by atoms with E-state index < -0.39 is 4.92 Å². The van der Waals surface area contributed by atoms with Crippen LogP contribution in [-0.4, -0.2) is 20.2 Å². The highest BCUT2D eigenvalue weighted by Gasteiger charge is 2.22. The monoisotopic (exact) mass is 311 g/mol. The Balaban J connectivity index is 1.94. The first kappa shape index (κ1) is 12.8. The minimum absolute atomic E-state index is 0.113. The number of benzene rings is 1. The van der Waals surface area contributed by atoms with Gasteiger partial charge in [-0.05, 0) is 22.4 Å². The van der Waals surface area contributed by atoms with Gasteiger partial charge in [0.1, 0.15) is 11.2 Å². The van der Waals surface area contributed by atoms with Crippen molar-refractivity contribution in [1.82, 2.24) is 15.3 Å². The lowest BCUT2D eigenvalue weighted by Gasteiger charge is -2.04. The van der Waals surface area contributed by atoms with Crippen molar-refractivity contribution in [3.05, 3.63) is 37.8 Å². The van der Waals surface area contributed by atoms with Crippen molar-refractivity contribution in [1.29, 1.82) is 0 Å². The Bertz CT molecular complexity index is 786. The standard InChI is InChI=1S/C10H6ClN5O3S/c11-10-13-4-5(20-10)3-12-7-2-1-6-8(15-19-14-6)9(7)16(17)18/h1-2,4,12H,3H2. The predicted molar refractivity (Wildman–Crippen MR) is 72.9 cm³/mol. The van der Waals surface area contributed by atoms with E-state index in [4.69, 9.17) is 11.6 Å². The SMILES string of the molecule is O=[N+]([O-])c1c(NCc2cnc(Cl)s2)ccc2nonc12. The van der Waals surface area contributed by atoms with Crippen molar-refractivity contribution in [3.63, 3.8) is 0 Å². The molecule has 1 N–H and O–H groups in total. The summed E-state index contributed by atoms with van der Waals surface area (Å²) >= 11 is 7.03. The summed E-state index contributed by atoms with van der Waals surface area (Å²) in [5.41, 5.74) is 0.618. The molecule has 8 nitrogen and oxygen atoms in total. The molecule has 0 aliphatic carbocycles. The van der Waals surface area contributed by atoms with E-state index in [2.05, 4.69) is 25.2 Å². The molecule has 2 aromatic heterocycles. The molecule has 0 radical (unpaired) electrons. The number of hydrogen-bond acceptors (Lipinski definition) is 8. The Morgan fingerprint density at radius 3 is 3.00 bits per heavy atom. The second-order valence-electron chi connectivity index (χ2n) is 3.78. The second-order valence-corrected chi connectivity index (χ2v) is 5.48. The molecule has 0 amide bonds. The Morgan fingerprint density at radius 2 is 2.30 bits per heavy atom. The summed E-state index contributed by atoms with van der Waals surface area (Å²) in [4.78, 5) is 15.4. The van der Waals surface area contributed by atoms with Gasteiger partial charge >= 0.3 is 5.69 Å². The summed E-state index contributed by atoms with van der Waals surface area (Å²) in [5.74, 6) is 0. The molecule has 102 valence electrons. The van der Waals surface area contributed by atoms with Gasteiger partial charge in [-0.3, -0.25) is 10.1 Å². The number of nitro groups is 1. The number of nitro benzene ring substituents is 1. The summed E-state index contributed by atoms with van der Waals surface area (Å²) in [7, 11) is 0. The number of thiazole rings is 1. The number of nitrogens with zero attached hydrogens (tertiary/aromatic N) is 4. The topological polar surface area (TPSA) is 107 Å². The van der Waals surface area contributed by atoms with Crippen LogP contribution < -0.4 is 5.32 Å². The molecule has 0 saturated heterocycles. The quantitative estimate of drug-likeness (QED) is 0.583. The summed E-state index contributed by atoms with van der Waals surface area (Å²) in [5, 5.41) is 21.3. The van der Waals surface area contributed by atoms with Crippen LogP contribution in [0.2, 0.25) is 4.47 Å². The fraction of sp³-hybridized carbons (Fsp3) is 0.100. The molecule has 0 atom stereocenters. The van der Waals surface area contributed by atoms with Crippen molar-refractivity contribution < 1.29 is 9.55 Å². The number of hydrogen-bond donors (Lipinski definition) is 1.